The smallest absolute Gasteiger partial charge is 0.228 e. The molecule has 1 heterocycles. The number of nitrogens with zero attached hydrogens (tertiary/aromatic N) is 1. The Kier molecular flexibility index (Phi) is 4.73. The van der Waals surface area contributed by atoms with E-state index in [0.29, 0.717) is 18.7 Å². The quantitative estimate of drug-likeness (QED) is 0.869. The molecule has 1 aromatic carbocycles. The van der Waals surface area contributed by atoms with Gasteiger partial charge in [0.05, 0.1) is 5.60 Å². The van der Waals surface area contributed by atoms with Crippen molar-refractivity contribution in [2.45, 2.75) is 25.0 Å². The zero-order valence-corrected chi connectivity index (χ0v) is 13.0. The molecule has 0 radical (unpaired) electrons. The summed E-state index contributed by atoms with van der Waals surface area (Å²) in [6.07, 6.45) is 2.41. The van der Waals surface area contributed by atoms with Gasteiger partial charge in [0.1, 0.15) is 0 Å². The lowest BCUT2D eigenvalue weighted by atomic mass is 9.95. The van der Waals surface area contributed by atoms with Crippen molar-refractivity contribution in [3.05, 3.63) is 29.8 Å². The zero-order chi connectivity index (χ0) is 14.8. The van der Waals surface area contributed by atoms with Crippen LogP contribution in [0.5, 0.6) is 0 Å². The standard InChI is InChI=1S/C15H22N2O2S/c1-15(19,10-20-3)9-16-12-8-14(18)17(2)13-7-5-4-6-11(12)13/h4-7,12,16,19H,8-10H2,1-3H3. The first-order chi connectivity index (χ1) is 9.44. The minimum atomic E-state index is -0.763. The number of rotatable bonds is 5. The molecule has 0 fully saturated rings. The summed E-state index contributed by atoms with van der Waals surface area (Å²) in [6, 6.07) is 7.90. The number of aliphatic hydroxyl groups is 1. The second kappa shape index (κ2) is 6.16. The van der Waals surface area contributed by atoms with Crippen LogP contribution in [-0.2, 0) is 4.79 Å². The van der Waals surface area contributed by atoms with Crippen LogP contribution in [0.3, 0.4) is 0 Å². The van der Waals surface area contributed by atoms with Gasteiger partial charge < -0.3 is 15.3 Å². The Morgan fingerprint density at radius 3 is 2.90 bits per heavy atom. The first-order valence-corrected chi connectivity index (χ1v) is 8.14. The molecule has 0 saturated heterocycles. The van der Waals surface area contributed by atoms with Crippen LogP contribution in [0.4, 0.5) is 5.69 Å². The lowest BCUT2D eigenvalue weighted by molar-refractivity contribution is -0.119. The molecule has 0 aliphatic carbocycles. The molecule has 20 heavy (non-hydrogen) atoms. The molecule has 0 bridgehead atoms. The predicted octanol–water partition coefficient (Wildman–Crippen LogP) is 1.80. The lowest BCUT2D eigenvalue weighted by Gasteiger charge is -2.34. The van der Waals surface area contributed by atoms with Crippen molar-refractivity contribution in [3.63, 3.8) is 0 Å². The molecule has 2 atom stereocenters. The maximum absolute atomic E-state index is 12.0. The second-order valence-corrected chi connectivity index (χ2v) is 6.45. The number of nitrogens with one attached hydrogen (secondary N) is 1. The molecule has 2 N–H and O–H groups in total. The summed E-state index contributed by atoms with van der Waals surface area (Å²) < 4.78 is 0. The fourth-order valence-corrected chi connectivity index (χ4v) is 3.25. The van der Waals surface area contributed by atoms with Gasteiger partial charge in [-0.25, -0.2) is 0 Å². The fraction of sp³-hybridized carbons (Fsp3) is 0.533. The Morgan fingerprint density at radius 2 is 2.20 bits per heavy atom. The maximum Gasteiger partial charge on any atom is 0.228 e. The summed E-state index contributed by atoms with van der Waals surface area (Å²) in [5, 5.41) is 13.6. The van der Waals surface area contributed by atoms with Gasteiger partial charge in [-0.2, -0.15) is 11.8 Å². The largest absolute Gasteiger partial charge is 0.388 e. The summed E-state index contributed by atoms with van der Waals surface area (Å²) >= 11 is 1.62. The monoisotopic (exact) mass is 294 g/mol. The van der Waals surface area contributed by atoms with Gasteiger partial charge in [0, 0.05) is 37.5 Å². The van der Waals surface area contributed by atoms with E-state index in [-0.39, 0.29) is 11.9 Å². The van der Waals surface area contributed by atoms with E-state index in [1.165, 1.54) is 0 Å². The summed E-state index contributed by atoms with van der Waals surface area (Å²) in [6.45, 7) is 2.29. The van der Waals surface area contributed by atoms with E-state index < -0.39 is 5.60 Å². The summed E-state index contributed by atoms with van der Waals surface area (Å²) in [5.41, 5.74) is 1.31. The van der Waals surface area contributed by atoms with Crippen LogP contribution in [0, 0.1) is 0 Å². The Labute approximate surface area is 124 Å². The van der Waals surface area contributed by atoms with Gasteiger partial charge in [-0.05, 0) is 24.8 Å². The summed E-state index contributed by atoms with van der Waals surface area (Å²) in [7, 11) is 1.81. The van der Waals surface area contributed by atoms with Crippen molar-refractivity contribution < 1.29 is 9.90 Å². The minimum Gasteiger partial charge on any atom is -0.388 e. The third kappa shape index (κ3) is 3.34. The highest BCUT2D eigenvalue weighted by Gasteiger charge is 2.30. The van der Waals surface area contributed by atoms with Gasteiger partial charge in [-0.3, -0.25) is 4.79 Å². The van der Waals surface area contributed by atoms with Crippen molar-refractivity contribution in [2.75, 3.05) is 30.5 Å². The number of carbonyl (C=O) groups is 1. The first-order valence-electron chi connectivity index (χ1n) is 6.75. The van der Waals surface area contributed by atoms with Crippen molar-refractivity contribution in [3.8, 4) is 0 Å². The van der Waals surface area contributed by atoms with Crippen LogP contribution >= 0.6 is 11.8 Å². The molecule has 1 amide bonds. The highest BCUT2D eigenvalue weighted by Crippen LogP contribution is 2.33. The van der Waals surface area contributed by atoms with Crippen molar-refractivity contribution >= 4 is 23.4 Å². The summed E-state index contributed by atoms with van der Waals surface area (Å²) in [4.78, 5) is 13.7. The Balaban J connectivity index is 2.13. The predicted molar refractivity (Wildman–Crippen MR) is 84.2 cm³/mol. The minimum absolute atomic E-state index is 0.0248. The molecule has 2 rings (SSSR count). The number of anilines is 1. The van der Waals surface area contributed by atoms with E-state index in [2.05, 4.69) is 5.32 Å². The van der Waals surface area contributed by atoms with E-state index in [0.717, 1.165) is 11.3 Å². The molecular weight excluding hydrogens is 272 g/mol. The Morgan fingerprint density at radius 1 is 1.50 bits per heavy atom. The van der Waals surface area contributed by atoms with Gasteiger partial charge in [-0.15, -0.1) is 0 Å². The van der Waals surface area contributed by atoms with Gasteiger partial charge in [0.25, 0.3) is 0 Å². The molecule has 5 heteroatoms. The zero-order valence-electron chi connectivity index (χ0n) is 12.2. The van der Waals surface area contributed by atoms with Gasteiger partial charge in [0.15, 0.2) is 0 Å². The highest BCUT2D eigenvalue weighted by atomic mass is 32.2. The normalized spacial score (nSPS) is 21.5. The molecule has 0 saturated carbocycles. The average molecular weight is 294 g/mol. The van der Waals surface area contributed by atoms with Crippen LogP contribution in [-0.4, -0.2) is 42.2 Å². The molecule has 0 aromatic heterocycles. The number of para-hydroxylation sites is 1. The van der Waals surface area contributed by atoms with Gasteiger partial charge >= 0.3 is 0 Å². The molecule has 2 unspecified atom stereocenters. The third-order valence-corrected chi connectivity index (χ3v) is 4.52. The van der Waals surface area contributed by atoms with Crippen molar-refractivity contribution in [2.24, 2.45) is 0 Å². The van der Waals surface area contributed by atoms with Crippen molar-refractivity contribution in [1.29, 1.82) is 0 Å². The Hall–Kier alpha value is -1.04. The summed E-state index contributed by atoms with van der Waals surface area (Å²) in [5.74, 6) is 0.771. The maximum atomic E-state index is 12.0. The van der Waals surface area contributed by atoms with Crippen LogP contribution in [0.25, 0.3) is 0 Å². The first kappa shape index (κ1) is 15.4. The molecule has 110 valence electrons. The van der Waals surface area contributed by atoms with E-state index in [1.54, 1.807) is 23.7 Å². The van der Waals surface area contributed by atoms with E-state index >= 15 is 0 Å². The molecule has 1 aliphatic rings. The van der Waals surface area contributed by atoms with Gasteiger partial charge in [0.2, 0.25) is 5.91 Å². The second-order valence-electron chi connectivity index (χ2n) is 5.58. The number of benzene rings is 1. The van der Waals surface area contributed by atoms with Gasteiger partial charge in [-0.1, -0.05) is 18.2 Å². The number of thioether (sulfide) groups is 1. The van der Waals surface area contributed by atoms with Crippen molar-refractivity contribution in [1.82, 2.24) is 5.32 Å². The molecule has 0 spiro atoms. The van der Waals surface area contributed by atoms with E-state index in [9.17, 15) is 9.90 Å². The molecule has 4 nitrogen and oxygen atoms in total. The number of hydrogen-bond acceptors (Lipinski definition) is 4. The van der Waals surface area contributed by atoms with Crippen LogP contribution in [0.1, 0.15) is 24.9 Å². The Bertz CT molecular complexity index is 491. The highest BCUT2D eigenvalue weighted by molar-refractivity contribution is 7.98. The van der Waals surface area contributed by atoms with Crippen LogP contribution in [0.15, 0.2) is 24.3 Å². The molecular formula is C15H22N2O2S. The molecule has 1 aromatic rings. The SMILES string of the molecule is CSCC(C)(O)CNC1CC(=O)N(C)c2ccccc21. The number of fused-ring (bicyclic) bond motifs is 1. The lowest BCUT2D eigenvalue weighted by Crippen LogP contribution is -2.44. The van der Waals surface area contributed by atoms with E-state index in [4.69, 9.17) is 0 Å². The number of carbonyl (C=O) groups excluding carboxylic acids is 1. The number of amides is 1. The van der Waals surface area contributed by atoms with Crippen LogP contribution < -0.4 is 10.2 Å². The molecule has 1 aliphatic heterocycles. The van der Waals surface area contributed by atoms with Crippen LogP contribution in [0.2, 0.25) is 0 Å². The number of hydrogen-bond donors (Lipinski definition) is 2. The average Bonchev–Trinajstić information content (AvgIpc) is 2.41. The van der Waals surface area contributed by atoms with E-state index in [1.807, 2.05) is 37.4 Å². The topological polar surface area (TPSA) is 52.6 Å². The fourth-order valence-electron chi connectivity index (χ4n) is 2.53. The third-order valence-electron chi connectivity index (χ3n) is 3.61.